The first-order valence-corrected chi connectivity index (χ1v) is 7.52. The number of hydrogen-bond acceptors (Lipinski definition) is 2. The molecule has 1 heterocycles. The summed E-state index contributed by atoms with van der Waals surface area (Å²) < 4.78 is 13.2. The number of aromatic nitrogens is 1. The summed E-state index contributed by atoms with van der Waals surface area (Å²) in [4.78, 5) is 0. The first kappa shape index (κ1) is 13.5. The van der Waals surface area contributed by atoms with Crippen LogP contribution < -0.4 is 5.32 Å². The average molecular weight is 242 g/mol. The van der Waals surface area contributed by atoms with Gasteiger partial charge >= 0.3 is 0 Å². The third kappa shape index (κ3) is 4.94. The molecule has 1 aromatic heterocycles. The molecule has 2 atom stereocenters. The Kier molecular flexibility index (Phi) is 5.77. The van der Waals surface area contributed by atoms with Crippen molar-refractivity contribution in [2.45, 2.75) is 39.4 Å². The molecule has 0 saturated carbocycles. The topological polar surface area (TPSA) is 34.0 Å². The monoisotopic (exact) mass is 242 g/mol. The Morgan fingerprint density at radius 1 is 1.56 bits per heavy atom. The van der Waals surface area contributed by atoms with Crippen molar-refractivity contribution in [3.8, 4) is 0 Å². The van der Waals surface area contributed by atoms with E-state index in [0.717, 1.165) is 25.3 Å². The maximum absolute atomic E-state index is 11.0. The minimum absolute atomic E-state index is 0.306. The molecule has 1 N–H and O–H groups in total. The summed E-state index contributed by atoms with van der Waals surface area (Å²) >= 11 is 0. The molecule has 0 bridgehead atoms. The number of hydrogen-bond donors (Lipinski definition) is 1. The first-order chi connectivity index (χ1) is 7.61. The maximum Gasteiger partial charge on any atom is 0.0383 e. The van der Waals surface area contributed by atoms with E-state index in [9.17, 15) is 4.21 Å². The highest BCUT2D eigenvalue weighted by Crippen LogP contribution is 2.02. The molecule has 92 valence electrons. The second-order valence-corrected chi connectivity index (χ2v) is 5.76. The molecule has 0 fully saturated rings. The van der Waals surface area contributed by atoms with Gasteiger partial charge in [-0.05, 0) is 25.0 Å². The lowest BCUT2D eigenvalue weighted by atomic mass is 10.3. The highest BCUT2D eigenvalue weighted by molar-refractivity contribution is 7.84. The highest BCUT2D eigenvalue weighted by atomic mass is 32.2. The lowest BCUT2D eigenvalue weighted by molar-refractivity contribution is 0.585. The summed E-state index contributed by atoms with van der Waals surface area (Å²) in [6.45, 7) is 6.19. The van der Waals surface area contributed by atoms with Gasteiger partial charge in [0.25, 0.3) is 0 Å². The number of nitrogens with one attached hydrogen (secondary N) is 1. The number of rotatable bonds is 7. The molecule has 1 rings (SSSR count). The van der Waals surface area contributed by atoms with Crippen molar-refractivity contribution in [1.29, 1.82) is 0 Å². The van der Waals surface area contributed by atoms with E-state index in [2.05, 4.69) is 42.2 Å². The Morgan fingerprint density at radius 2 is 2.31 bits per heavy atom. The van der Waals surface area contributed by atoms with E-state index in [-0.39, 0.29) is 0 Å². The molecule has 0 amide bonds. The van der Waals surface area contributed by atoms with E-state index in [1.54, 1.807) is 6.26 Å². The van der Waals surface area contributed by atoms with Crippen molar-refractivity contribution in [3.05, 3.63) is 24.0 Å². The first-order valence-electron chi connectivity index (χ1n) is 5.80. The maximum atomic E-state index is 11.0. The Morgan fingerprint density at radius 3 is 2.94 bits per heavy atom. The molecule has 0 aliphatic rings. The van der Waals surface area contributed by atoms with E-state index < -0.39 is 10.8 Å². The summed E-state index contributed by atoms with van der Waals surface area (Å²) in [5.74, 6) is 0.718. The van der Waals surface area contributed by atoms with Crippen molar-refractivity contribution >= 4 is 10.8 Å². The lowest BCUT2D eigenvalue weighted by Gasteiger charge is -2.11. The molecule has 4 heteroatoms. The predicted octanol–water partition coefficient (Wildman–Crippen LogP) is 1.75. The van der Waals surface area contributed by atoms with Crippen LogP contribution in [0.5, 0.6) is 0 Å². The molecule has 0 spiro atoms. The van der Waals surface area contributed by atoms with Crippen LogP contribution in [0.25, 0.3) is 0 Å². The van der Waals surface area contributed by atoms with Gasteiger partial charge in [-0.2, -0.15) is 0 Å². The van der Waals surface area contributed by atoms with Crippen molar-refractivity contribution < 1.29 is 4.21 Å². The van der Waals surface area contributed by atoms with E-state index in [4.69, 9.17) is 0 Å². The summed E-state index contributed by atoms with van der Waals surface area (Å²) in [6, 6.07) is 2.44. The zero-order valence-electron chi connectivity index (χ0n) is 10.4. The van der Waals surface area contributed by atoms with Crippen LogP contribution >= 0.6 is 0 Å². The third-order valence-electron chi connectivity index (χ3n) is 2.43. The Hall–Kier alpha value is -0.610. The van der Waals surface area contributed by atoms with Gasteiger partial charge in [0.05, 0.1) is 0 Å². The molecule has 2 unspecified atom stereocenters. The Balaban J connectivity index is 2.33. The predicted molar refractivity (Wildman–Crippen MR) is 70.0 cm³/mol. The van der Waals surface area contributed by atoms with E-state index in [0.29, 0.717) is 6.04 Å². The van der Waals surface area contributed by atoms with Crippen LogP contribution in [0.2, 0.25) is 0 Å². The van der Waals surface area contributed by atoms with Gasteiger partial charge in [-0.25, -0.2) is 0 Å². The zero-order chi connectivity index (χ0) is 12.0. The zero-order valence-corrected chi connectivity index (χ0v) is 11.2. The fraction of sp³-hybridized carbons (Fsp3) is 0.667. The van der Waals surface area contributed by atoms with Gasteiger partial charge < -0.3 is 9.88 Å². The van der Waals surface area contributed by atoms with Crippen LogP contribution in [-0.4, -0.2) is 26.8 Å². The molecular weight excluding hydrogens is 220 g/mol. The summed E-state index contributed by atoms with van der Waals surface area (Å²) in [7, 11) is -0.719. The Labute approximate surface area is 101 Å². The Bertz CT molecular complexity index is 336. The third-order valence-corrected chi connectivity index (χ3v) is 3.40. The second-order valence-electron chi connectivity index (χ2n) is 4.28. The summed E-state index contributed by atoms with van der Waals surface area (Å²) in [6.07, 6.45) is 7.19. The molecule has 0 aliphatic heterocycles. The highest BCUT2D eigenvalue weighted by Gasteiger charge is 2.04. The molecule has 1 aromatic rings. The van der Waals surface area contributed by atoms with E-state index in [1.165, 1.54) is 5.56 Å². The largest absolute Gasteiger partial charge is 0.354 e. The summed E-state index contributed by atoms with van der Waals surface area (Å²) in [5.41, 5.74) is 1.29. The van der Waals surface area contributed by atoms with Crippen LogP contribution in [0.15, 0.2) is 18.5 Å². The fourth-order valence-electron chi connectivity index (χ4n) is 1.70. The van der Waals surface area contributed by atoms with Crippen LogP contribution in [0.1, 0.15) is 25.8 Å². The standard InChI is InChI=1S/C12H22N2OS/c1-4-6-14-7-5-12(9-14)8-13-11(2)10-16(3)15/h5,7,9,11,13H,4,6,8,10H2,1-3H3. The lowest BCUT2D eigenvalue weighted by Crippen LogP contribution is -2.30. The van der Waals surface area contributed by atoms with Gasteiger partial charge in [-0.1, -0.05) is 6.92 Å². The van der Waals surface area contributed by atoms with Crippen molar-refractivity contribution in [2.75, 3.05) is 12.0 Å². The van der Waals surface area contributed by atoms with Crippen LogP contribution in [0.3, 0.4) is 0 Å². The van der Waals surface area contributed by atoms with Gasteiger partial charge in [0, 0.05) is 54.3 Å². The van der Waals surface area contributed by atoms with Gasteiger partial charge in [0.15, 0.2) is 0 Å². The molecule has 0 radical (unpaired) electrons. The van der Waals surface area contributed by atoms with Gasteiger partial charge in [-0.3, -0.25) is 4.21 Å². The van der Waals surface area contributed by atoms with E-state index in [1.807, 2.05) is 0 Å². The van der Waals surface area contributed by atoms with Crippen LogP contribution in [0, 0.1) is 0 Å². The minimum Gasteiger partial charge on any atom is -0.354 e. The van der Waals surface area contributed by atoms with Crippen molar-refractivity contribution in [1.82, 2.24) is 9.88 Å². The van der Waals surface area contributed by atoms with Crippen molar-refractivity contribution in [3.63, 3.8) is 0 Å². The van der Waals surface area contributed by atoms with Crippen LogP contribution in [-0.2, 0) is 23.9 Å². The van der Waals surface area contributed by atoms with Crippen LogP contribution in [0.4, 0.5) is 0 Å². The van der Waals surface area contributed by atoms with Gasteiger partial charge in [-0.15, -0.1) is 0 Å². The molecule has 0 saturated heterocycles. The average Bonchev–Trinajstić information content (AvgIpc) is 2.62. The normalized spacial score (nSPS) is 14.9. The molecule has 0 aliphatic carbocycles. The number of nitrogens with zero attached hydrogens (tertiary/aromatic N) is 1. The SMILES string of the molecule is CCCn1ccc(CNC(C)CS(C)=O)c1. The van der Waals surface area contributed by atoms with Crippen molar-refractivity contribution in [2.24, 2.45) is 0 Å². The number of aryl methyl sites for hydroxylation is 1. The van der Waals surface area contributed by atoms with E-state index >= 15 is 0 Å². The molecule has 0 aromatic carbocycles. The minimum atomic E-state index is -0.719. The molecule has 16 heavy (non-hydrogen) atoms. The van der Waals surface area contributed by atoms with Gasteiger partial charge in [0.1, 0.15) is 0 Å². The quantitative estimate of drug-likeness (QED) is 0.790. The molecule has 3 nitrogen and oxygen atoms in total. The smallest absolute Gasteiger partial charge is 0.0383 e. The summed E-state index contributed by atoms with van der Waals surface area (Å²) in [5, 5.41) is 3.38. The fourth-order valence-corrected chi connectivity index (χ4v) is 2.52. The van der Waals surface area contributed by atoms with Gasteiger partial charge in [0.2, 0.25) is 0 Å². The second kappa shape index (κ2) is 6.86. The molecular formula is C12H22N2OS.